The number of hydrogen-bond acceptors (Lipinski definition) is 3. The SMILES string of the molecule is CC(=O)C1=CC(c2ccccc2)C(=O)C1CC(=O)O. The minimum absolute atomic E-state index is 0.209. The minimum Gasteiger partial charge on any atom is -0.481 e. The molecule has 2 unspecified atom stereocenters. The van der Waals surface area contributed by atoms with E-state index in [1.807, 2.05) is 18.2 Å². The molecule has 0 amide bonds. The quantitative estimate of drug-likeness (QED) is 0.896. The molecule has 4 nitrogen and oxygen atoms in total. The van der Waals surface area contributed by atoms with Gasteiger partial charge in [-0.05, 0) is 12.5 Å². The van der Waals surface area contributed by atoms with Crippen molar-refractivity contribution in [1.29, 1.82) is 0 Å². The lowest BCUT2D eigenvalue weighted by Crippen LogP contribution is -2.21. The van der Waals surface area contributed by atoms with Crippen LogP contribution in [-0.2, 0) is 14.4 Å². The molecule has 2 atom stereocenters. The van der Waals surface area contributed by atoms with Gasteiger partial charge in [0.05, 0.1) is 18.3 Å². The highest BCUT2D eigenvalue weighted by Gasteiger charge is 2.38. The minimum atomic E-state index is -1.07. The first kappa shape index (κ1) is 13.2. The molecule has 0 saturated heterocycles. The number of benzene rings is 1. The third-order valence-electron chi connectivity index (χ3n) is 3.32. The van der Waals surface area contributed by atoms with Crippen molar-refractivity contribution < 1.29 is 19.5 Å². The van der Waals surface area contributed by atoms with E-state index in [9.17, 15) is 14.4 Å². The molecule has 1 aromatic rings. The fourth-order valence-corrected chi connectivity index (χ4v) is 2.42. The van der Waals surface area contributed by atoms with Gasteiger partial charge in [-0.1, -0.05) is 36.4 Å². The third kappa shape index (κ3) is 2.62. The lowest BCUT2D eigenvalue weighted by Gasteiger charge is -2.11. The second kappa shape index (κ2) is 5.18. The predicted molar refractivity (Wildman–Crippen MR) is 68.7 cm³/mol. The Bertz CT molecular complexity index is 557. The summed E-state index contributed by atoms with van der Waals surface area (Å²) < 4.78 is 0. The first-order chi connectivity index (χ1) is 9.00. The predicted octanol–water partition coefficient (Wildman–Crippen LogP) is 1.96. The smallest absolute Gasteiger partial charge is 0.304 e. The molecule has 0 bridgehead atoms. The number of allylic oxidation sites excluding steroid dienone is 2. The fourth-order valence-electron chi connectivity index (χ4n) is 2.42. The maximum Gasteiger partial charge on any atom is 0.304 e. The van der Waals surface area contributed by atoms with Crippen LogP contribution in [0.4, 0.5) is 0 Å². The molecule has 2 rings (SSSR count). The summed E-state index contributed by atoms with van der Waals surface area (Å²) in [5.74, 6) is -2.85. The van der Waals surface area contributed by atoms with Gasteiger partial charge >= 0.3 is 5.97 Å². The van der Waals surface area contributed by atoms with Crippen molar-refractivity contribution in [3.8, 4) is 0 Å². The Kier molecular flexibility index (Phi) is 3.60. The normalized spacial score (nSPS) is 22.2. The molecule has 4 heteroatoms. The molecule has 1 aliphatic rings. The highest BCUT2D eigenvalue weighted by Crippen LogP contribution is 2.36. The first-order valence-electron chi connectivity index (χ1n) is 6.04. The van der Waals surface area contributed by atoms with Gasteiger partial charge in [0.1, 0.15) is 0 Å². The molecule has 98 valence electrons. The van der Waals surface area contributed by atoms with Gasteiger partial charge in [0.2, 0.25) is 0 Å². The molecule has 0 aliphatic heterocycles. The van der Waals surface area contributed by atoms with Crippen molar-refractivity contribution in [3.63, 3.8) is 0 Å². The summed E-state index contributed by atoms with van der Waals surface area (Å²) in [6.45, 7) is 1.36. The summed E-state index contributed by atoms with van der Waals surface area (Å²) in [7, 11) is 0. The topological polar surface area (TPSA) is 71.4 Å². The lowest BCUT2D eigenvalue weighted by atomic mass is 9.90. The number of Topliss-reactive ketones (excluding diaryl/α,β-unsaturated/α-hetero) is 2. The van der Waals surface area contributed by atoms with Crippen molar-refractivity contribution in [3.05, 3.63) is 47.5 Å². The van der Waals surface area contributed by atoms with E-state index in [4.69, 9.17) is 5.11 Å². The highest BCUT2D eigenvalue weighted by molar-refractivity contribution is 6.08. The Morgan fingerprint density at radius 1 is 1.21 bits per heavy atom. The summed E-state index contributed by atoms with van der Waals surface area (Å²) in [5.41, 5.74) is 1.11. The van der Waals surface area contributed by atoms with E-state index in [0.717, 1.165) is 5.56 Å². The molecule has 19 heavy (non-hydrogen) atoms. The van der Waals surface area contributed by atoms with E-state index in [1.165, 1.54) is 6.92 Å². The summed E-state index contributed by atoms with van der Waals surface area (Å²) in [4.78, 5) is 34.7. The number of carbonyl (C=O) groups is 3. The molecule has 0 radical (unpaired) electrons. The molecule has 0 heterocycles. The molecule has 1 aliphatic carbocycles. The molecule has 0 aromatic heterocycles. The largest absolute Gasteiger partial charge is 0.481 e. The van der Waals surface area contributed by atoms with Gasteiger partial charge in [-0.2, -0.15) is 0 Å². The van der Waals surface area contributed by atoms with Crippen molar-refractivity contribution >= 4 is 17.5 Å². The van der Waals surface area contributed by atoms with Crippen LogP contribution in [0, 0.1) is 5.92 Å². The van der Waals surface area contributed by atoms with Gasteiger partial charge < -0.3 is 5.11 Å². The Morgan fingerprint density at radius 2 is 1.84 bits per heavy atom. The number of rotatable bonds is 4. The van der Waals surface area contributed by atoms with Crippen LogP contribution in [0.1, 0.15) is 24.8 Å². The Hall–Kier alpha value is -2.23. The van der Waals surface area contributed by atoms with Crippen LogP contribution < -0.4 is 0 Å². The van der Waals surface area contributed by atoms with Gasteiger partial charge in [-0.3, -0.25) is 14.4 Å². The fraction of sp³-hybridized carbons (Fsp3) is 0.267. The standard InChI is InChI=1S/C15H14O4/c1-9(16)11-7-12(10-5-3-2-4-6-10)15(19)13(11)8-14(17)18/h2-7,12-13H,8H2,1H3,(H,17,18). The summed E-state index contributed by atoms with van der Waals surface area (Å²) in [6.07, 6.45) is 1.28. The lowest BCUT2D eigenvalue weighted by molar-refractivity contribution is -0.140. The Morgan fingerprint density at radius 3 is 2.37 bits per heavy atom. The zero-order chi connectivity index (χ0) is 14.0. The number of hydrogen-bond donors (Lipinski definition) is 1. The van der Waals surface area contributed by atoms with E-state index in [1.54, 1.807) is 18.2 Å². The van der Waals surface area contributed by atoms with Gasteiger partial charge in [-0.15, -0.1) is 0 Å². The second-order valence-corrected chi connectivity index (χ2v) is 4.62. The van der Waals surface area contributed by atoms with Crippen LogP contribution in [0.3, 0.4) is 0 Å². The van der Waals surface area contributed by atoms with Gasteiger partial charge in [0, 0.05) is 5.57 Å². The average molecular weight is 258 g/mol. The van der Waals surface area contributed by atoms with E-state index < -0.39 is 17.8 Å². The second-order valence-electron chi connectivity index (χ2n) is 4.62. The first-order valence-corrected chi connectivity index (χ1v) is 6.04. The summed E-state index contributed by atoms with van der Waals surface area (Å²) >= 11 is 0. The van der Waals surface area contributed by atoms with Crippen molar-refractivity contribution in [2.24, 2.45) is 5.92 Å². The molecular formula is C15H14O4. The molecule has 1 aromatic carbocycles. The maximum atomic E-state index is 12.3. The van der Waals surface area contributed by atoms with E-state index in [0.29, 0.717) is 5.57 Å². The van der Waals surface area contributed by atoms with Crippen LogP contribution in [0.15, 0.2) is 42.0 Å². The molecule has 0 spiro atoms. The number of carboxylic acid groups (broad SMARTS) is 1. The monoisotopic (exact) mass is 258 g/mol. The van der Waals surface area contributed by atoms with E-state index in [-0.39, 0.29) is 18.0 Å². The third-order valence-corrected chi connectivity index (χ3v) is 3.32. The Labute approximate surface area is 110 Å². The summed E-state index contributed by atoms with van der Waals surface area (Å²) in [5, 5.41) is 8.86. The average Bonchev–Trinajstić information content (AvgIpc) is 2.68. The molecule has 0 saturated carbocycles. The van der Waals surface area contributed by atoms with Crippen LogP contribution in [0.2, 0.25) is 0 Å². The van der Waals surface area contributed by atoms with Gasteiger partial charge in [-0.25, -0.2) is 0 Å². The maximum absolute atomic E-state index is 12.3. The van der Waals surface area contributed by atoms with Crippen molar-refractivity contribution in [2.45, 2.75) is 19.3 Å². The van der Waals surface area contributed by atoms with Crippen LogP contribution in [0.25, 0.3) is 0 Å². The molecular weight excluding hydrogens is 244 g/mol. The van der Waals surface area contributed by atoms with E-state index >= 15 is 0 Å². The number of carbonyl (C=O) groups excluding carboxylic acids is 2. The van der Waals surface area contributed by atoms with Crippen LogP contribution in [-0.4, -0.2) is 22.6 Å². The molecule has 0 fully saturated rings. The Balaban J connectivity index is 2.36. The highest BCUT2D eigenvalue weighted by atomic mass is 16.4. The zero-order valence-corrected chi connectivity index (χ0v) is 10.5. The van der Waals surface area contributed by atoms with Crippen molar-refractivity contribution in [2.75, 3.05) is 0 Å². The van der Waals surface area contributed by atoms with Gasteiger partial charge in [0.25, 0.3) is 0 Å². The summed E-state index contributed by atoms with van der Waals surface area (Å²) in [6, 6.07) is 9.08. The van der Waals surface area contributed by atoms with Crippen LogP contribution >= 0.6 is 0 Å². The number of ketones is 2. The molecule has 1 N–H and O–H groups in total. The van der Waals surface area contributed by atoms with Crippen LogP contribution in [0.5, 0.6) is 0 Å². The zero-order valence-electron chi connectivity index (χ0n) is 10.5. The number of carboxylic acids is 1. The number of aliphatic carboxylic acids is 1. The van der Waals surface area contributed by atoms with Gasteiger partial charge in [0.15, 0.2) is 11.6 Å². The van der Waals surface area contributed by atoms with E-state index in [2.05, 4.69) is 0 Å². The van der Waals surface area contributed by atoms with Crippen molar-refractivity contribution in [1.82, 2.24) is 0 Å².